The van der Waals surface area contributed by atoms with Gasteiger partial charge in [-0.15, -0.1) is 0 Å². The number of halogens is 2. The lowest BCUT2D eigenvalue weighted by molar-refractivity contribution is 0.276. The van der Waals surface area contributed by atoms with E-state index in [0.717, 1.165) is 24.7 Å². The van der Waals surface area contributed by atoms with Gasteiger partial charge in [-0.25, -0.2) is 17.2 Å². The molecule has 0 radical (unpaired) electrons. The van der Waals surface area contributed by atoms with Crippen LogP contribution in [0.1, 0.15) is 59.0 Å². The fraction of sp³-hybridized carbons (Fsp3) is 0.211. The van der Waals surface area contributed by atoms with Crippen molar-refractivity contribution < 1.29 is 32.5 Å². The van der Waals surface area contributed by atoms with Crippen LogP contribution >= 0.6 is 0 Å². The molecule has 2 fully saturated rings. The number of nitrogens with one attached hydrogen (secondary N) is 2. The van der Waals surface area contributed by atoms with Crippen molar-refractivity contribution >= 4 is 66.6 Å². The zero-order valence-corrected chi connectivity index (χ0v) is 44.6. The van der Waals surface area contributed by atoms with Crippen LogP contribution in [0.15, 0.2) is 124 Å². The maximum Gasteiger partial charge on any atom is 0.329 e. The number of sulfone groups is 1. The van der Waals surface area contributed by atoms with E-state index in [1.165, 1.54) is 38.1 Å². The van der Waals surface area contributed by atoms with Gasteiger partial charge in [-0.3, -0.25) is 18.7 Å². The highest BCUT2D eigenvalue weighted by atomic mass is 32.2. The highest BCUT2D eigenvalue weighted by Crippen LogP contribution is 2.45. The Morgan fingerprint density at radius 2 is 1.24 bits per heavy atom. The molecule has 0 spiro atoms. The van der Waals surface area contributed by atoms with E-state index in [9.17, 15) is 33.3 Å². The summed E-state index contributed by atoms with van der Waals surface area (Å²) in [6, 6.07) is 25.4. The predicted octanol–water partition coefficient (Wildman–Crippen LogP) is 6.56. The molecule has 0 saturated heterocycles. The number of fused-ring (bicyclic) bond motifs is 2. The van der Waals surface area contributed by atoms with E-state index >= 15 is 8.78 Å². The number of pyridine rings is 2. The Hall–Kier alpha value is -9.74. The fourth-order valence-electron chi connectivity index (χ4n) is 10.5. The van der Waals surface area contributed by atoms with Crippen LogP contribution < -0.4 is 33.2 Å². The van der Waals surface area contributed by atoms with Gasteiger partial charge in [-0.1, -0.05) is 41.2 Å². The molecule has 0 bridgehead atoms. The third kappa shape index (κ3) is 10.0. The molecule has 12 rings (SSSR count). The number of aliphatic hydroxyl groups is 3. The van der Waals surface area contributed by atoms with Crippen LogP contribution in [0.3, 0.4) is 0 Å². The van der Waals surface area contributed by atoms with Crippen LogP contribution in [-0.4, -0.2) is 90.8 Å². The first-order valence-corrected chi connectivity index (χ1v) is 27.7. The van der Waals surface area contributed by atoms with Gasteiger partial charge in [0.2, 0.25) is 23.8 Å². The number of benzene rings is 4. The predicted molar refractivity (Wildman–Crippen MR) is 303 cm³/mol. The minimum atomic E-state index is -3.54. The average molecular weight is 1130 g/mol. The van der Waals surface area contributed by atoms with Crippen molar-refractivity contribution in [2.45, 2.75) is 61.9 Å². The highest BCUT2D eigenvalue weighted by molar-refractivity contribution is 7.90. The summed E-state index contributed by atoms with van der Waals surface area (Å²) in [4.78, 5) is 58.9. The molecule has 2 atom stereocenters. The quantitative estimate of drug-likeness (QED) is 0.0571. The van der Waals surface area contributed by atoms with E-state index in [4.69, 9.17) is 16.3 Å². The lowest BCUT2D eigenvalue weighted by atomic mass is 10.0. The van der Waals surface area contributed by atoms with Crippen molar-refractivity contribution in [2.24, 2.45) is 7.05 Å². The second-order valence-corrected chi connectivity index (χ2v) is 22.1. The second-order valence-electron chi connectivity index (χ2n) is 20.2. The molecule has 9 N–H and O–H groups in total. The standard InChI is InChI=1S/C57H50F2N15O7S/c1-71-25-35(22-47(71)82(2,80)81)64-57-68-51(66-55(61)70-57)38-6-4-8-46(41(38)28-77)74-14-12-31-18-33(20-43(59)49(31)53(74)79)39-23-44(39)62-24-36-21-34(26-72(36)15-16-75)63-56-67-50(65-54(60)69-56)37-5-3-7-45(40(37)27-76)73-13-11-30-17-32(29-9-10-29)19-42(58)48(30)52(73)78/h3-8,11-14,17-22,25-26,29,39,44,75-77H,9-10,15-16,23,27-28H2,1-2H3,(H3,60,63,65,67,69)(H3,61,64,66,68,70)/q+1. The highest BCUT2D eigenvalue weighted by Gasteiger charge is 2.49. The monoisotopic (exact) mass is 1130 g/mol. The molecule has 82 heavy (non-hydrogen) atoms. The first kappa shape index (κ1) is 52.9. The molecule has 25 heteroatoms. The Morgan fingerprint density at radius 1 is 0.707 bits per heavy atom. The van der Waals surface area contributed by atoms with Crippen molar-refractivity contribution in [1.82, 2.24) is 48.2 Å². The molecular weight excluding hydrogens is 1080 g/mol. The van der Waals surface area contributed by atoms with Crippen LogP contribution in [0.25, 0.3) is 60.5 Å². The smallest absolute Gasteiger partial charge is 0.329 e. The lowest BCUT2D eigenvalue weighted by Crippen LogP contribution is -2.20. The Labute approximate surface area is 464 Å². The average Bonchev–Trinajstić information content (AvgIpc) is 4.55. The molecule has 0 amide bonds. The van der Waals surface area contributed by atoms with E-state index in [0.29, 0.717) is 62.6 Å². The molecule has 2 aliphatic carbocycles. The zero-order chi connectivity index (χ0) is 57.3. The van der Waals surface area contributed by atoms with Gasteiger partial charge in [0.15, 0.2) is 27.2 Å². The normalized spacial score (nSPS) is 15.0. The van der Waals surface area contributed by atoms with E-state index in [2.05, 4.69) is 46.6 Å². The number of anilines is 6. The molecule has 10 aromatic rings. The van der Waals surface area contributed by atoms with Crippen LogP contribution in [0.2, 0.25) is 0 Å². The van der Waals surface area contributed by atoms with Crippen molar-refractivity contribution in [3.8, 4) is 40.2 Å². The third-order valence-electron chi connectivity index (χ3n) is 14.6. The van der Waals surface area contributed by atoms with Gasteiger partial charge in [0, 0.05) is 79.4 Å². The molecule has 2 unspecified atom stereocenters. The summed E-state index contributed by atoms with van der Waals surface area (Å²) in [6.45, 7) is -1.13. The first-order chi connectivity index (χ1) is 39.5. The molecule has 6 heterocycles. The third-order valence-corrected chi connectivity index (χ3v) is 15.7. The minimum Gasteiger partial charge on any atom is -0.395 e. The van der Waals surface area contributed by atoms with Gasteiger partial charge in [-0.2, -0.15) is 29.9 Å². The largest absolute Gasteiger partial charge is 0.395 e. The van der Waals surface area contributed by atoms with Gasteiger partial charge in [-0.05, 0) is 83.1 Å². The van der Waals surface area contributed by atoms with Crippen molar-refractivity contribution in [1.29, 1.82) is 0 Å². The number of aromatic nitrogens is 10. The zero-order valence-electron chi connectivity index (χ0n) is 43.8. The maximum absolute atomic E-state index is 16.3. The lowest BCUT2D eigenvalue weighted by Gasteiger charge is -2.16. The summed E-state index contributed by atoms with van der Waals surface area (Å²) in [7, 11) is -1.96. The van der Waals surface area contributed by atoms with Crippen molar-refractivity contribution in [3.63, 3.8) is 0 Å². The number of hydrogen-bond donors (Lipinski definition) is 7. The van der Waals surface area contributed by atoms with Gasteiger partial charge in [0.1, 0.15) is 16.7 Å². The number of aryl methyl sites for hydroxylation is 1. The van der Waals surface area contributed by atoms with Gasteiger partial charge < -0.3 is 46.6 Å². The molecule has 2 saturated carbocycles. The SMILES string of the molecule is Cn1cc(Nc2nc(N)nc(-c3cccc(-n4ccc5cc(C6CC6[N+]#Cc6cc(Nc7nc(N)nc(-c8cccc(-n9ccc%10cc(C%11CC%11)cc(F)c%10c9=O)c8CO)n7)cn6CCO)cc(F)c5c4=O)c3CO)n2)cc1S(C)(=O)=O. The van der Waals surface area contributed by atoms with Crippen molar-refractivity contribution in [3.05, 3.63) is 175 Å². The molecular formula is C57H50F2N15O7S+. The molecule has 6 aromatic heterocycles. The Morgan fingerprint density at radius 3 is 1.76 bits per heavy atom. The van der Waals surface area contributed by atoms with Crippen LogP contribution in [0.4, 0.5) is 43.9 Å². The Bertz CT molecular complexity index is 4590. The van der Waals surface area contributed by atoms with E-state index in [-0.39, 0.29) is 93.2 Å². The van der Waals surface area contributed by atoms with E-state index in [1.54, 1.807) is 90.9 Å². The molecule has 0 aliphatic heterocycles. The van der Waals surface area contributed by atoms with Crippen LogP contribution in [0.5, 0.6) is 0 Å². The van der Waals surface area contributed by atoms with E-state index in [1.807, 2.05) is 6.07 Å². The molecule has 22 nitrogen and oxygen atoms in total. The van der Waals surface area contributed by atoms with Gasteiger partial charge in [0.25, 0.3) is 17.2 Å². The van der Waals surface area contributed by atoms with E-state index < -0.39 is 45.8 Å². The number of nitrogen functional groups attached to an aromatic ring is 2. The number of aliphatic hydroxyl groups excluding tert-OH is 3. The van der Waals surface area contributed by atoms with Gasteiger partial charge >= 0.3 is 6.07 Å². The Kier molecular flexibility index (Phi) is 13.4. The molecule has 2 aliphatic rings. The topological polar surface area (TPSA) is 306 Å². The van der Waals surface area contributed by atoms with Crippen LogP contribution in [-0.2, 0) is 36.6 Å². The number of nitrogens with zero attached hydrogens (tertiary/aromatic N) is 11. The summed E-state index contributed by atoms with van der Waals surface area (Å²) >= 11 is 0. The number of hydrogen-bond acceptors (Lipinski definition) is 17. The molecule has 4 aromatic carbocycles. The summed E-state index contributed by atoms with van der Waals surface area (Å²) in [5, 5.41) is 38.2. The number of nitrogens with two attached hydrogens (primary N) is 2. The fourth-order valence-corrected chi connectivity index (χ4v) is 11.4. The Balaban J connectivity index is 0.773. The molecule has 414 valence electrons. The summed E-state index contributed by atoms with van der Waals surface area (Å²) in [5.74, 6) is -1.42. The van der Waals surface area contributed by atoms with Crippen molar-refractivity contribution in [2.75, 3.05) is 35.0 Å². The van der Waals surface area contributed by atoms with Gasteiger partial charge in [0.05, 0.1) is 59.3 Å². The summed E-state index contributed by atoms with van der Waals surface area (Å²) in [5.41, 5.74) is 15.6. The first-order valence-electron chi connectivity index (χ1n) is 25.8. The van der Waals surface area contributed by atoms with Crippen LogP contribution in [0, 0.1) is 17.7 Å². The minimum absolute atomic E-state index is 0.0105. The maximum atomic E-state index is 16.3. The number of rotatable bonds is 15. The summed E-state index contributed by atoms with van der Waals surface area (Å²) in [6.07, 6.45) is 9.91. The second kappa shape index (κ2) is 20.7. The summed E-state index contributed by atoms with van der Waals surface area (Å²) < 4.78 is 61.9.